The lowest BCUT2D eigenvalue weighted by Gasteiger charge is -2.26. The van der Waals surface area contributed by atoms with E-state index in [0.29, 0.717) is 37.2 Å². The Hall–Kier alpha value is -3.67. The zero-order valence-corrected chi connectivity index (χ0v) is 21.3. The molecular weight excluding hydrogens is 513 g/mol. The Morgan fingerprint density at radius 3 is 2.56 bits per heavy atom. The smallest absolute Gasteiger partial charge is 0.393 e. The molecule has 4 N–H and O–H groups in total. The van der Waals surface area contributed by atoms with Gasteiger partial charge >= 0.3 is 6.18 Å². The average Bonchev–Trinajstić information content (AvgIpc) is 3.61. The highest BCUT2D eigenvalue weighted by Crippen LogP contribution is 2.43. The van der Waals surface area contributed by atoms with Gasteiger partial charge in [0.2, 0.25) is 0 Å². The molecule has 3 aliphatic rings. The number of hydrogen-bond acceptors (Lipinski definition) is 6. The van der Waals surface area contributed by atoms with Crippen LogP contribution in [0.15, 0.2) is 24.4 Å². The first-order chi connectivity index (χ1) is 18.5. The summed E-state index contributed by atoms with van der Waals surface area (Å²) < 4.78 is 43.9. The van der Waals surface area contributed by atoms with Gasteiger partial charge < -0.3 is 21.1 Å². The Kier molecular flexibility index (Phi) is 6.05. The van der Waals surface area contributed by atoms with E-state index < -0.39 is 23.6 Å². The molecule has 2 aromatic heterocycles. The second-order valence-corrected chi connectivity index (χ2v) is 10.9. The Bertz CT molecular complexity index is 1470. The van der Waals surface area contributed by atoms with Crippen molar-refractivity contribution >= 4 is 23.3 Å². The number of nitrogens with zero attached hydrogens (tertiary/aromatic N) is 4. The average molecular weight is 543 g/mol. The predicted molar refractivity (Wildman–Crippen MR) is 136 cm³/mol. The number of nitrogen functional groups attached to an aromatic ring is 1. The van der Waals surface area contributed by atoms with Crippen LogP contribution in [-0.2, 0) is 12.7 Å². The maximum Gasteiger partial charge on any atom is 0.417 e. The maximum absolute atomic E-state index is 14.2. The van der Waals surface area contributed by atoms with E-state index in [1.165, 1.54) is 21.7 Å². The second kappa shape index (κ2) is 9.22. The first-order valence-corrected chi connectivity index (χ1v) is 13.2. The number of hydrogen-bond donors (Lipinski definition) is 3. The zero-order valence-electron chi connectivity index (χ0n) is 21.3. The topological polar surface area (TPSA) is 126 Å². The number of rotatable bonds is 5. The van der Waals surface area contributed by atoms with Gasteiger partial charge in [-0.2, -0.15) is 13.2 Å². The number of halogens is 3. The van der Waals surface area contributed by atoms with Gasteiger partial charge in [0.15, 0.2) is 11.5 Å². The molecule has 0 radical (unpaired) electrons. The minimum Gasteiger partial charge on any atom is -0.393 e. The molecule has 3 aromatic rings. The summed E-state index contributed by atoms with van der Waals surface area (Å²) in [5.41, 5.74) is 5.62. The van der Waals surface area contributed by atoms with Crippen molar-refractivity contribution in [1.82, 2.24) is 24.8 Å². The molecule has 1 unspecified atom stereocenters. The number of nitrogens with one attached hydrogen (secondary N) is 1. The van der Waals surface area contributed by atoms with Gasteiger partial charge in [-0.15, -0.1) is 5.10 Å². The van der Waals surface area contributed by atoms with Gasteiger partial charge in [0, 0.05) is 30.4 Å². The zero-order chi connectivity index (χ0) is 27.6. The van der Waals surface area contributed by atoms with Crippen molar-refractivity contribution in [2.75, 3.05) is 5.73 Å². The third kappa shape index (κ3) is 4.60. The third-order valence-electron chi connectivity index (χ3n) is 8.20. The van der Waals surface area contributed by atoms with Crippen LogP contribution in [0.2, 0.25) is 0 Å². The minimum atomic E-state index is -4.74. The van der Waals surface area contributed by atoms with Crippen LogP contribution < -0.4 is 11.1 Å². The van der Waals surface area contributed by atoms with E-state index in [-0.39, 0.29) is 58.6 Å². The molecule has 0 spiro atoms. The summed E-state index contributed by atoms with van der Waals surface area (Å²) >= 11 is 0. The standard InChI is InChI=1S/C27H29F3N6O3/c1-13(14-2-3-14)35-12-16-10-15(11-19(27(28,29)30)21(16)26(35)39)20-8-9-36-24(33-20)22(23(31)34-36)25(38)32-17-4-6-18(37)7-5-17/h8-11,13-14,17-18,37H,2-7,12H2,1H3,(H2,31,34)(H,32,38). The summed E-state index contributed by atoms with van der Waals surface area (Å²) in [6.07, 6.45) is 0.717. The van der Waals surface area contributed by atoms with Crippen molar-refractivity contribution in [1.29, 1.82) is 0 Å². The number of nitrogens with two attached hydrogens (primary N) is 1. The highest BCUT2D eigenvalue weighted by Gasteiger charge is 2.44. The highest BCUT2D eigenvalue weighted by molar-refractivity contribution is 6.04. The van der Waals surface area contributed by atoms with Crippen molar-refractivity contribution < 1.29 is 27.9 Å². The van der Waals surface area contributed by atoms with Crippen LogP contribution in [0.1, 0.15) is 77.3 Å². The van der Waals surface area contributed by atoms with Crippen molar-refractivity contribution in [2.24, 2.45) is 5.92 Å². The van der Waals surface area contributed by atoms with Crippen molar-refractivity contribution in [3.63, 3.8) is 0 Å². The molecule has 2 amide bonds. The number of alkyl halides is 3. The molecule has 2 aliphatic carbocycles. The Morgan fingerprint density at radius 1 is 1.18 bits per heavy atom. The minimum absolute atomic E-state index is 0.0415. The first-order valence-electron chi connectivity index (χ1n) is 13.2. The number of benzene rings is 1. The van der Waals surface area contributed by atoms with Gasteiger partial charge in [0.05, 0.1) is 22.9 Å². The number of carbonyl (C=O) groups is 2. The van der Waals surface area contributed by atoms with Gasteiger partial charge in [-0.05, 0) is 75.1 Å². The summed E-state index contributed by atoms with van der Waals surface area (Å²) in [7, 11) is 0. The molecular formula is C27H29F3N6O3. The van der Waals surface area contributed by atoms with Crippen LogP contribution in [0.5, 0.6) is 0 Å². The summed E-state index contributed by atoms with van der Waals surface area (Å²) in [6.45, 7) is 1.99. The molecule has 12 heteroatoms. The largest absolute Gasteiger partial charge is 0.417 e. The van der Waals surface area contributed by atoms with Crippen molar-refractivity contribution in [3.8, 4) is 11.3 Å². The highest BCUT2D eigenvalue weighted by atomic mass is 19.4. The molecule has 39 heavy (non-hydrogen) atoms. The monoisotopic (exact) mass is 542 g/mol. The van der Waals surface area contributed by atoms with E-state index in [1.807, 2.05) is 6.92 Å². The van der Waals surface area contributed by atoms with Crippen LogP contribution in [-0.4, -0.2) is 54.6 Å². The number of anilines is 1. The van der Waals surface area contributed by atoms with E-state index >= 15 is 0 Å². The van der Waals surface area contributed by atoms with Crippen LogP contribution in [0.25, 0.3) is 16.9 Å². The predicted octanol–water partition coefficient (Wildman–Crippen LogP) is 3.78. The molecule has 3 heterocycles. The Labute approximate surface area is 222 Å². The normalized spacial score (nSPS) is 22.3. The van der Waals surface area contributed by atoms with E-state index in [9.17, 15) is 27.9 Å². The van der Waals surface area contributed by atoms with Crippen LogP contribution in [0, 0.1) is 5.92 Å². The summed E-state index contributed by atoms with van der Waals surface area (Å²) in [5, 5.41) is 16.8. The fourth-order valence-electron chi connectivity index (χ4n) is 5.81. The van der Waals surface area contributed by atoms with E-state index in [1.54, 1.807) is 6.07 Å². The number of carbonyl (C=O) groups excluding carboxylic acids is 2. The Morgan fingerprint density at radius 2 is 1.90 bits per heavy atom. The molecule has 0 saturated heterocycles. The number of aliphatic hydroxyl groups is 1. The van der Waals surface area contributed by atoms with Crippen LogP contribution >= 0.6 is 0 Å². The lowest BCUT2D eigenvalue weighted by Crippen LogP contribution is -2.38. The van der Waals surface area contributed by atoms with E-state index in [4.69, 9.17) is 5.73 Å². The lowest BCUT2D eigenvalue weighted by molar-refractivity contribution is -0.137. The number of fused-ring (bicyclic) bond motifs is 2. The molecule has 206 valence electrons. The third-order valence-corrected chi connectivity index (χ3v) is 8.20. The number of aromatic nitrogens is 3. The number of aliphatic hydroxyl groups excluding tert-OH is 1. The summed E-state index contributed by atoms with van der Waals surface area (Å²) in [4.78, 5) is 32.3. The van der Waals surface area contributed by atoms with Crippen molar-refractivity contribution in [2.45, 2.75) is 76.4 Å². The van der Waals surface area contributed by atoms with Gasteiger partial charge in [-0.25, -0.2) is 9.50 Å². The molecule has 1 atom stereocenters. The fourth-order valence-corrected chi connectivity index (χ4v) is 5.81. The Balaban J connectivity index is 1.37. The molecule has 2 fully saturated rings. The molecule has 2 saturated carbocycles. The van der Waals surface area contributed by atoms with E-state index in [2.05, 4.69) is 15.4 Å². The molecule has 1 aromatic carbocycles. The van der Waals surface area contributed by atoms with E-state index in [0.717, 1.165) is 18.9 Å². The fraction of sp³-hybridized carbons (Fsp3) is 0.481. The van der Waals surface area contributed by atoms with Gasteiger partial charge in [0.1, 0.15) is 5.56 Å². The quantitative estimate of drug-likeness (QED) is 0.451. The maximum atomic E-state index is 14.2. The second-order valence-electron chi connectivity index (χ2n) is 10.9. The number of amides is 2. The van der Waals surface area contributed by atoms with Gasteiger partial charge in [0.25, 0.3) is 11.8 Å². The van der Waals surface area contributed by atoms with Crippen LogP contribution in [0.4, 0.5) is 19.0 Å². The molecule has 1 aliphatic heterocycles. The van der Waals surface area contributed by atoms with Gasteiger partial charge in [-0.1, -0.05) is 0 Å². The van der Waals surface area contributed by atoms with Gasteiger partial charge in [-0.3, -0.25) is 9.59 Å². The molecule has 9 nitrogen and oxygen atoms in total. The van der Waals surface area contributed by atoms with Crippen LogP contribution in [0.3, 0.4) is 0 Å². The molecule has 0 bridgehead atoms. The first kappa shape index (κ1) is 25.6. The summed E-state index contributed by atoms with van der Waals surface area (Å²) in [6, 6.07) is 3.77. The SMILES string of the molecule is CC(C1CC1)N1Cc2cc(-c3ccn4nc(N)c(C(=O)NC5CCC(O)CC5)c4n3)cc(C(F)(F)F)c2C1=O. The summed E-state index contributed by atoms with van der Waals surface area (Å²) in [5.74, 6) is -0.803. The van der Waals surface area contributed by atoms with Crippen molar-refractivity contribution in [3.05, 3.63) is 46.6 Å². The lowest BCUT2D eigenvalue weighted by atomic mass is 9.93. The molecule has 6 rings (SSSR count).